The highest BCUT2D eigenvalue weighted by molar-refractivity contribution is 8.00. The number of carbonyl (C=O) groups is 4. The monoisotopic (exact) mass is 729 g/mol. The zero-order valence-electron chi connectivity index (χ0n) is 25.3. The standard InChI is InChI=1S/C37H26Cl3N3O5S/c38-28-18-17-25(37(47)48)20-30(28)42-36(46)33(22-9-3-1-4-10-22)49-27-15-8-14-26(21-27)41-35(45)31(19-24-13-7-16-29(39)32(24)40)43-34(44)23-11-5-2-6-12-23/h1-21,33H,(H,41,45)(H,42,46)(H,43,44)(H,47,48)/b31-19+. The molecule has 8 nitrogen and oxygen atoms in total. The number of benzene rings is 5. The molecular weight excluding hydrogens is 705 g/mol. The van der Waals surface area contributed by atoms with Gasteiger partial charge < -0.3 is 21.1 Å². The van der Waals surface area contributed by atoms with E-state index in [0.29, 0.717) is 27.3 Å². The molecule has 4 N–H and O–H groups in total. The summed E-state index contributed by atoms with van der Waals surface area (Å²) in [5.74, 6) is -2.74. The van der Waals surface area contributed by atoms with Gasteiger partial charge in [0.15, 0.2) is 0 Å². The Balaban J connectivity index is 1.40. The lowest BCUT2D eigenvalue weighted by Gasteiger charge is -2.18. The SMILES string of the molecule is O=C(Nc1cccc(SC(C(=O)Nc2cc(C(=O)O)ccc2Cl)c2ccccc2)c1)/C(=C\c1cccc(Cl)c1Cl)NC(=O)c1ccccc1. The van der Waals surface area contributed by atoms with Crippen molar-refractivity contribution in [3.05, 3.63) is 164 Å². The molecule has 0 saturated carbocycles. The summed E-state index contributed by atoms with van der Waals surface area (Å²) in [6, 6.07) is 33.3. The van der Waals surface area contributed by atoms with Crippen molar-refractivity contribution in [2.75, 3.05) is 10.6 Å². The Bertz CT molecular complexity index is 2060. The zero-order valence-corrected chi connectivity index (χ0v) is 28.4. The molecule has 0 heterocycles. The predicted molar refractivity (Wildman–Crippen MR) is 195 cm³/mol. The van der Waals surface area contributed by atoms with Gasteiger partial charge in [0.25, 0.3) is 11.8 Å². The number of anilines is 2. The molecule has 0 fully saturated rings. The normalized spacial score (nSPS) is 11.7. The molecule has 246 valence electrons. The van der Waals surface area contributed by atoms with Crippen LogP contribution in [0.2, 0.25) is 15.1 Å². The van der Waals surface area contributed by atoms with Crippen LogP contribution in [-0.4, -0.2) is 28.8 Å². The van der Waals surface area contributed by atoms with Gasteiger partial charge in [0.1, 0.15) is 10.9 Å². The summed E-state index contributed by atoms with van der Waals surface area (Å²) in [6.45, 7) is 0. The van der Waals surface area contributed by atoms with Gasteiger partial charge in [-0.3, -0.25) is 14.4 Å². The predicted octanol–water partition coefficient (Wildman–Crippen LogP) is 9.23. The smallest absolute Gasteiger partial charge is 0.335 e. The number of hydrogen-bond donors (Lipinski definition) is 4. The van der Waals surface area contributed by atoms with Crippen LogP contribution >= 0.6 is 46.6 Å². The van der Waals surface area contributed by atoms with Gasteiger partial charge in [-0.2, -0.15) is 0 Å². The molecule has 0 saturated heterocycles. The summed E-state index contributed by atoms with van der Waals surface area (Å²) in [4.78, 5) is 52.5. The van der Waals surface area contributed by atoms with Crippen LogP contribution in [0.3, 0.4) is 0 Å². The van der Waals surface area contributed by atoms with Crippen molar-refractivity contribution >= 4 is 87.7 Å². The molecule has 0 aliphatic carbocycles. The number of amides is 3. The van der Waals surface area contributed by atoms with Gasteiger partial charge in [-0.25, -0.2) is 4.79 Å². The number of aromatic carboxylic acids is 1. The third kappa shape index (κ3) is 9.31. The number of thioether (sulfide) groups is 1. The van der Waals surface area contributed by atoms with Crippen LogP contribution in [0, 0.1) is 0 Å². The van der Waals surface area contributed by atoms with Gasteiger partial charge in [-0.1, -0.05) is 102 Å². The highest BCUT2D eigenvalue weighted by atomic mass is 35.5. The number of nitrogens with one attached hydrogen (secondary N) is 3. The van der Waals surface area contributed by atoms with Crippen molar-refractivity contribution < 1.29 is 24.3 Å². The lowest BCUT2D eigenvalue weighted by Crippen LogP contribution is -2.30. The van der Waals surface area contributed by atoms with Crippen LogP contribution in [0.25, 0.3) is 6.08 Å². The first-order valence-electron chi connectivity index (χ1n) is 14.6. The largest absolute Gasteiger partial charge is 0.478 e. The van der Waals surface area contributed by atoms with Crippen molar-refractivity contribution in [3.8, 4) is 0 Å². The summed E-state index contributed by atoms with van der Waals surface area (Å²) < 4.78 is 0. The first-order valence-corrected chi connectivity index (χ1v) is 16.6. The summed E-state index contributed by atoms with van der Waals surface area (Å²) in [7, 11) is 0. The molecule has 5 aromatic rings. The topological polar surface area (TPSA) is 125 Å². The van der Waals surface area contributed by atoms with Gasteiger partial charge in [0.2, 0.25) is 5.91 Å². The fourth-order valence-corrected chi connectivity index (χ4v) is 6.18. The number of carbonyl (C=O) groups excluding carboxylic acids is 3. The van der Waals surface area contributed by atoms with Crippen molar-refractivity contribution in [2.45, 2.75) is 10.1 Å². The Kier molecular flexibility index (Phi) is 11.8. The maximum atomic E-state index is 13.7. The number of halogens is 3. The number of hydrogen-bond acceptors (Lipinski definition) is 5. The van der Waals surface area contributed by atoms with Crippen molar-refractivity contribution in [1.82, 2.24) is 5.32 Å². The molecule has 0 bridgehead atoms. The van der Waals surface area contributed by atoms with Crippen LogP contribution in [0.1, 0.15) is 37.1 Å². The van der Waals surface area contributed by atoms with Crippen LogP contribution in [0.4, 0.5) is 11.4 Å². The second-order valence-corrected chi connectivity index (χ2v) is 12.8. The molecule has 0 spiro atoms. The Morgan fingerprint density at radius 2 is 1.39 bits per heavy atom. The van der Waals surface area contributed by atoms with Crippen molar-refractivity contribution in [2.24, 2.45) is 0 Å². The lowest BCUT2D eigenvalue weighted by atomic mass is 10.1. The highest BCUT2D eigenvalue weighted by Crippen LogP contribution is 2.38. The minimum absolute atomic E-state index is 0.0296. The lowest BCUT2D eigenvalue weighted by molar-refractivity contribution is -0.116. The molecule has 1 unspecified atom stereocenters. The van der Waals surface area contributed by atoms with Crippen LogP contribution < -0.4 is 16.0 Å². The van der Waals surface area contributed by atoms with Gasteiger partial charge >= 0.3 is 5.97 Å². The number of carboxylic acid groups (broad SMARTS) is 1. The second-order valence-electron chi connectivity index (χ2n) is 10.4. The average molecular weight is 731 g/mol. The Morgan fingerprint density at radius 3 is 2.10 bits per heavy atom. The van der Waals surface area contributed by atoms with E-state index in [1.54, 1.807) is 97.1 Å². The summed E-state index contributed by atoms with van der Waals surface area (Å²) in [5.41, 5.74) is 1.87. The van der Waals surface area contributed by atoms with E-state index < -0.39 is 28.9 Å². The molecule has 0 aromatic heterocycles. The molecule has 5 rings (SSSR count). The third-order valence-corrected chi connectivity index (χ3v) is 9.38. The first-order chi connectivity index (χ1) is 23.6. The average Bonchev–Trinajstić information content (AvgIpc) is 3.10. The molecule has 1 atom stereocenters. The van der Waals surface area contributed by atoms with E-state index >= 15 is 0 Å². The van der Waals surface area contributed by atoms with E-state index in [9.17, 15) is 24.3 Å². The van der Waals surface area contributed by atoms with E-state index in [1.807, 2.05) is 6.07 Å². The van der Waals surface area contributed by atoms with E-state index in [2.05, 4.69) is 16.0 Å². The molecule has 12 heteroatoms. The summed E-state index contributed by atoms with van der Waals surface area (Å²) >= 11 is 20.1. The molecule has 0 aliphatic rings. The molecule has 5 aromatic carbocycles. The maximum absolute atomic E-state index is 13.7. The van der Waals surface area contributed by atoms with Gasteiger partial charge in [-0.05, 0) is 71.8 Å². The van der Waals surface area contributed by atoms with Crippen LogP contribution in [-0.2, 0) is 9.59 Å². The number of carboxylic acids is 1. The molecule has 49 heavy (non-hydrogen) atoms. The summed E-state index contributed by atoms with van der Waals surface area (Å²) in [5, 5.41) is 17.5. The van der Waals surface area contributed by atoms with Gasteiger partial charge in [0, 0.05) is 16.1 Å². The van der Waals surface area contributed by atoms with Crippen molar-refractivity contribution in [1.29, 1.82) is 0 Å². The maximum Gasteiger partial charge on any atom is 0.335 e. The minimum atomic E-state index is -1.16. The Labute approximate surface area is 301 Å². The Hall–Kier alpha value is -5.06. The van der Waals surface area contributed by atoms with Gasteiger partial charge in [0.05, 0.1) is 26.3 Å². The van der Waals surface area contributed by atoms with Crippen LogP contribution in [0.15, 0.2) is 132 Å². The fourth-order valence-electron chi connectivity index (χ4n) is 4.56. The molecule has 3 amide bonds. The zero-order chi connectivity index (χ0) is 34.9. The minimum Gasteiger partial charge on any atom is -0.478 e. The number of rotatable bonds is 11. The fraction of sp³-hybridized carbons (Fsp3) is 0.0270. The van der Waals surface area contributed by atoms with E-state index in [-0.39, 0.29) is 32.0 Å². The quantitative estimate of drug-likeness (QED) is 0.0794. The highest BCUT2D eigenvalue weighted by Gasteiger charge is 2.24. The van der Waals surface area contributed by atoms with E-state index in [0.717, 1.165) is 0 Å². The van der Waals surface area contributed by atoms with Crippen molar-refractivity contribution in [3.63, 3.8) is 0 Å². The Morgan fingerprint density at radius 1 is 0.694 bits per heavy atom. The van der Waals surface area contributed by atoms with Crippen LogP contribution in [0.5, 0.6) is 0 Å². The summed E-state index contributed by atoms with van der Waals surface area (Å²) in [6.07, 6.45) is 1.43. The molecular formula is C37H26Cl3N3O5S. The molecule has 0 aliphatic heterocycles. The second kappa shape index (κ2) is 16.4. The van der Waals surface area contributed by atoms with Gasteiger partial charge in [-0.15, -0.1) is 11.8 Å². The molecule has 0 radical (unpaired) electrons. The first kappa shape index (κ1) is 35.3. The third-order valence-electron chi connectivity index (χ3n) is 6.97. The van der Waals surface area contributed by atoms with E-state index in [4.69, 9.17) is 34.8 Å². The van der Waals surface area contributed by atoms with E-state index in [1.165, 1.54) is 36.0 Å².